The van der Waals surface area contributed by atoms with E-state index in [1.807, 2.05) is 0 Å². The zero-order chi connectivity index (χ0) is 10.1. The summed E-state index contributed by atoms with van der Waals surface area (Å²) in [7, 11) is 0. The zero-order valence-electron chi connectivity index (χ0n) is 7.49. The average molecular weight is 196 g/mol. The van der Waals surface area contributed by atoms with Gasteiger partial charge in [-0.15, -0.1) is 5.48 Å². The Morgan fingerprint density at radius 1 is 1.64 bits per heavy atom. The molecule has 2 rings (SSSR count). The third kappa shape index (κ3) is 1.31. The summed E-state index contributed by atoms with van der Waals surface area (Å²) >= 11 is 0. The monoisotopic (exact) mass is 196 g/mol. The van der Waals surface area contributed by atoms with Crippen LogP contribution < -0.4 is 10.3 Å². The van der Waals surface area contributed by atoms with Gasteiger partial charge in [-0.3, -0.25) is 0 Å². The molecule has 0 spiro atoms. The Balaban J connectivity index is 2.40. The van der Waals surface area contributed by atoms with Gasteiger partial charge in [0.25, 0.3) is 0 Å². The van der Waals surface area contributed by atoms with E-state index in [4.69, 9.17) is 10.0 Å². The number of benzene rings is 1. The summed E-state index contributed by atoms with van der Waals surface area (Å²) in [5.41, 5.74) is 3.88. The Kier molecular flexibility index (Phi) is 2.09. The number of nitrogens with one attached hydrogen (secondary N) is 1. The summed E-state index contributed by atoms with van der Waals surface area (Å²) in [6, 6.07) is 3.92. The van der Waals surface area contributed by atoms with E-state index in [0.29, 0.717) is 11.5 Å². The van der Waals surface area contributed by atoms with Crippen molar-refractivity contribution in [2.75, 3.05) is 0 Å². The van der Waals surface area contributed by atoms with Gasteiger partial charge in [0.1, 0.15) is 11.9 Å². The highest BCUT2D eigenvalue weighted by Gasteiger charge is 2.26. The molecule has 1 aromatic rings. The van der Waals surface area contributed by atoms with Gasteiger partial charge in [-0.2, -0.15) is 0 Å². The van der Waals surface area contributed by atoms with Crippen LogP contribution in [0.1, 0.15) is 18.5 Å². The Morgan fingerprint density at radius 3 is 3.14 bits per heavy atom. The van der Waals surface area contributed by atoms with Gasteiger partial charge in [-0.1, -0.05) is 11.2 Å². The lowest BCUT2D eigenvalue weighted by molar-refractivity contribution is 0.211. The molecule has 14 heavy (non-hydrogen) atoms. The van der Waals surface area contributed by atoms with Crippen LogP contribution in [0.5, 0.6) is 5.75 Å². The molecule has 1 unspecified atom stereocenters. The maximum Gasteiger partial charge on any atom is 0.155 e. The minimum Gasteiger partial charge on any atom is -0.411 e. The van der Waals surface area contributed by atoms with Crippen molar-refractivity contribution in [1.29, 1.82) is 0 Å². The van der Waals surface area contributed by atoms with Crippen LogP contribution in [0.4, 0.5) is 4.39 Å². The third-order valence-corrected chi connectivity index (χ3v) is 2.15. The lowest BCUT2D eigenvalue weighted by Gasteiger charge is -2.05. The highest BCUT2D eigenvalue weighted by atomic mass is 19.1. The summed E-state index contributed by atoms with van der Waals surface area (Å²) in [5, 5.41) is 11.7. The van der Waals surface area contributed by atoms with Crippen LogP contribution in [0.3, 0.4) is 0 Å². The highest BCUT2D eigenvalue weighted by molar-refractivity contribution is 5.88. The number of hydrogen-bond donors (Lipinski definition) is 2. The van der Waals surface area contributed by atoms with Crippen molar-refractivity contribution in [3.8, 4) is 5.75 Å². The lowest BCUT2D eigenvalue weighted by atomic mass is 10.0. The molecule has 0 saturated carbocycles. The van der Waals surface area contributed by atoms with Crippen molar-refractivity contribution in [3.63, 3.8) is 0 Å². The number of fused-ring (bicyclic) bond motifs is 1. The number of rotatable bonds is 1. The van der Waals surface area contributed by atoms with E-state index in [1.54, 1.807) is 13.0 Å². The van der Waals surface area contributed by atoms with Crippen LogP contribution in [0.15, 0.2) is 23.4 Å². The van der Waals surface area contributed by atoms with Crippen LogP contribution >= 0.6 is 0 Å². The first-order valence-corrected chi connectivity index (χ1v) is 4.12. The quantitative estimate of drug-likeness (QED) is 0.407. The molecule has 1 aliphatic rings. The topological polar surface area (TPSA) is 53.9 Å². The molecule has 1 heterocycles. The van der Waals surface area contributed by atoms with Crippen molar-refractivity contribution < 1.29 is 14.4 Å². The predicted octanol–water partition coefficient (Wildman–Crippen LogP) is 1.61. The lowest BCUT2D eigenvalue weighted by Crippen LogP contribution is -2.22. The molecule has 0 bridgehead atoms. The summed E-state index contributed by atoms with van der Waals surface area (Å²) < 4.78 is 12.8. The Bertz CT molecular complexity index is 392. The molecule has 5 heteroatoms. The number of hydrogen-bond acceptors (Lipinski definition) is 4. The maximum atomic E-state index is 12.8. The van der Waals surface area contributed by atoms with Gasteiger partial charge in [0.15, 0.2) is 5.75 Å². The molecule has 0 saturated heterocycles. The zero-order valence-corrected chi connectivity index (χ0v) is 7.49. The minimum absolute atomic E-state index is 0.310. The average Bonchev–Trinajstić information content (AvgIpc) is 2.59. The van der Waals surface area contributed by atoms with E-state index in [0.717, 1.165) is 5.56 Å². The molecule has 0 radical (unpaired) electrons. The van der Waals surface area contributed by atoms with Gasteiger partial charge >= 0.3 is 0 Å². The van der Waals surface area contributed by atoms with E-state index in [9.17, 15) is 4.39 Å². The second kappa shape index (κ2) is 3.26. The van der Waals surface area contributed by atoms with E-state index in [-0.39, 0.29) is 11.9 Å². The van der Waals surface area contributed by atoms with Gasteiger partial charge < -0.3 is 10.0 Å². The molecule has 1 aromatic carbocycles. The SMILES string of the molecule is C/C(=N\O)C1NOc2cc(F)ccc21. The number of oxime groups is 1. The molecule has 0 aromatic heterocycles. The van der Waals surface area contributed by atoms with Crippen LogP contribution in [-0.4, -0.2) is 10.9 Å². The summed E-state index contributed by atoms with van der Waals surface area (Å²) in [6.07, 6.45) is 0. The minimum atomic E-state index is -0.357. The standard InChI is InChI=1S/C9H9FN2O2/c1-5(11-13)9-7-3-2-6(10)4-8(7)14-12-9/h2-4,9,12-13H,1H3/b11-5+. The van der Waals surface area contributed by atoms with Gasteiger partial charge in [0.2, 0.25) is 0 Å². The molecule has 0 amide bonds. The first-order valence-electron chi connectivity index (χ1n) is 4.12. The Labute approximate surface area is 79.9 Å². The number of hydroxylamine groups is 1. The molecule has 2 N–H and O–H groups in total. The van der Waals surface area contributed by atoms with Gasteiger partial charge in [0, 0.05) is 11.6 Å². The predicted molar refractivity (Wildman–Crippen MR) is 47.8 cm³/mol. The van der Waals surface area contributed by atoms with E-state index in [1.165, 1.54) is 12.1 Å². The van der Waals surface area contributed by atoms with Crippen molar-refractivity contribution in [3.05, 3.63) is 29.6 Å². The van der Waals surface area contributed by atoms with Crippen LogP contribution in [0, 0.1) is 5.82 Å². The van der Waals surface area contributed by atoms with E-state index < -0.39 is 0 Å². The second-order valence-corrected chi connectivity index (χ2v) is 3.08. The first kappa shape index (κ1) is 8.96. The van der Waals surface area contributed by atoms with Crippen molar-refractivity contribution in [2.24, 2.45) is 5.16 Å². The van der Waals surface area contributed by atoms with Crippen molar-refractivity contribution in [1.82, 2.24) is 5.48 Å². The van der Waals surface area contributed by atoms with Crippen LogP contribution in [0.25, 0.3) is 0 Å². The molecule has 0 aliphatic carbocycles. The van der Waals surface area contributed by atoms with E-state index in [2.05, 4.69) is 10.6 Å². The summed E-state index contributed by atoms with van der Waals surface area (Å²) in [6.45, 7) is 1.65. The molecule has 1 atom stereocenters. The summed E-state index contributed by atoms with van der Waals surface area (Å²) in [5.74, 6) is 0.0720. The van der Waals surface area contributed by atoms with Crippen LogP contribution in [-0.2, 0) is 0 Å². The largest absolute Gasteiger partial charge is 0.411 e. The molecule has 1 aliphatic heterocycles. The number of nitrogens with zero attached hydrogens (tertiary/aromatic N) is 1. The van der Waals surface area contributed by atoms with Crippen molar-refractivity contribution >= 4 is 5.71 Å². The summed E-state index contributed by atoms with van der Waals surface area (Å²) in [4.78, 5) is 5.03. The van der Waals surface area contributed by atoms with E-state index >= 15 is 0 Å². The molecule has 0 fully saturated rings. The fraction of sp³-hybridized carbons (Fsp3) is 0.222. The first-order chi connectivity index (χ1) is 6.72. The van der Waals surface area contributed by atoms with Gasteiger partial charge in [-0.25, -0.2) is 4.39 Å². The molecule has 4 nitrogen and oxygen atoms in total. The maximum absolute atomic E-state index is 12.8. The smallest absolute Gasteiger partial charge is 0.155 e. The highest BCUT2D eigenvalue weighted by Crippen LogP contribution is 2.31. The fourth-order valence-electron chi connectivity index (χ4n) is 1.39. The molecular weight excluding hydrogens is 187 g/mol. The van der Waals surface area contributed by atoms with Crippen molar-refractivity contribution in [2.45, 2.75) is 13.0 Å². The Morgan fingerprint density at radius 2 is 2.43 bits per heavy atom. The van der Waals surface area contributed by atoms with Gasteiger partial charge in [-0.05, 0) is 13.0 Å². The van der Waals surface area contributed by atoms with Crippen LogP contribution in [0.2, 0.25) is 0 Å². The Hall–Kier alpha value is -1.62. The molecular formula is C9H9FN2O2. The number of halogens is 1. The van der Waals surface area contributed by atoms with Gasteiger partial charge in [0.05, 0.1) is 5.71 Å². The fourth-order valence-corrected chi connectivity index (χ4v) is 1.39. The third-order valence-electron chi connectivity index (χ3n) is 2.15. The molecule has 74 valence electrons. The second-order valence-electron chi connectivity index (χ2n) is 3.08. The normalized spacial score (nSPS) is 20.4.